The summed E-state index contributed by atoms with van der Waals surface area (Å²) in [5, 5.41) is 1.83. The van der Waals surface area contributed by atoms with Gasteiger partial charge < -0.3 is 24.0 Å². The van der Waals surface area contributed by atoms with Crippen molar-refractivity contribution in [2.75, 3.05) is 0 Å². The van der Waals surface area contributed by atoms with Crippen molar-refractivity contribution in [3.63, 3.8) is 0 Å². The summed E-state index contributed by atoms with van der Waals surface area (Å²) >= 11 is 0. The second kappa shape index (κ2) is 21.3. The first kappa shape index (κ1) is 48.8. The molecule has 4 heterocycles. The number of ether oxygens (including phenoxy) is 2. The van der Waals surface area contributed by atoms with Gasteiger partial charge in [0.1, 0.15) is 12.7 Å². The van der Waals surface area contributed by atoms with Crippen LogP contribution in [0.2, 0.25) is 0 Å². The molecule has 0 saturated carbocycles. The fraction of sp³-hybridized carbons (Fsp3) is 0.169. The van der Waals surface area contributed by atoms with E-state index in [4.69, 9.17) is 9.47 Å². The summed E-state index contributed by atoms with van der Waals surface area (Å²) in [4.78, 5) is 22.6. The Balaban J connectivity index is 0.00000321. The molecule has 0 atom stereocenters. The molecule has 69 heavy (non-hydrogen) atoms. The fourth-order valence-corrected chi connectivity index (χ4v) is 8.84. The average Bonchev–Trinajstić information content (AvgIpc) is 3.65. The molecule has 0 radical (unpaired) electrons. The van der Waals surface area contributed by atoms with Crippen LogP contribution in [0.25, 0.3) is 72.5 Å². The van der Waals surface area contributed by atoms with E-state index < -0.39 is 0 Å². The first-order chi connectivity index (χ1) is 32.6. The van der Waals surface area contributed by atoms with Gasteiger partial charge in [0.05, 0.1) is 0 Å². The van der Waals surface area contributed by atoms with Gasteiger partial charge in [-0.3, -0.25) is 0 Å². The summed E-state index contributed by atoms with van der Waals surface area (Å²) in [6.45, 7) is 13.2. The Labute approximate surface area is 432 Å². The van der Waals surface area contributed by atoms with Crippen LogP contribution in [-0.2, 0) is 54.3 Å². The van der Waals surface area contributed by atoms with Crippen LogP contribution in [-0.4, -0.2) is 29.5 Å². The monoisotopic (exact) mass is 1170 g/mol. The molecule has 0 aliphatic rings. The van der Waals surface area contributed by atoms with Crippen molar-refractivity contribution >= 4 is 21.8 Å². The molecule has 10 heteroatoms. The molecule has 0 spiro atoms. The molecule has 0 amide bonds. The first-order valence-corrected chi connectivity index (χ1v) is 22.7. The zero-order valence-corrected chi connectivity index (χ0v) is 42.9. The minimum absolute atomic E-state index is 0. The number of aryl methyl sites for hydroxylation is 2. The third-order valence-electron chi connectivity index (χ3n) is 11.8. The van der Waals surface area contributed by atoms with Gasteiger partial charge in [0.15, 0.2) is 0 Å². The molecule has 0 saturated heterocycles. The van der Waals surface area contributed by atoms with Gasteiger partial charge in [-0.05, 0) is 59.3 Å². The van der Waals surface area contributed by atoms with Gasteiger partial charge in [-0.15, -0.1) is 58.7 Å². The van der Waals surface area contributed by atoms with E-state index in [1.807, 2.05) is 65.2 Å². The topological polar surface area (TPSA) is 87.8 Å². The van der Waals surface area contributed by atoms with Crippen LogP contribution in [0.4, 0.5) is 0 Å². The van der Waals surface area contributed by atoms with Crippen molar-refractivity contribution in [1.29, 1.82) is 0 Å². The maximum Gasteiger partial charge on any atom is 2.00 e. The van der Waals surface area contributed by atoms with Gasteiger partial charge in [-0.1, -0.05) is 160 Å². The molecule has 346 valence electrons. The zero-order valence-electron chi connectivity index (χ0n) is 39.1. The Morgan fingerprint density at radius 3 is 1.35 bits per heavy atom. The molecule has 10 rings (SSSR count). The van der Waals surface area contributed by atoms with E-state index in [0.29, 0.717) is 51.8 Å². The summed E-state index contributed by atoms with van der Waals surface area (Å²) < 4.78 is 15.7. The van der Waals surface area contributed by atoms with Crippen LogP contribution in [0.3, 0.4) is 0 Å². The summed E-state index contributed by atoms with van der Waals surface area (Å²) in [5.74, 6) is 3.65. The molecular formula is C59H48N6O2PdPt. The summed E-state index contributed by atoms with van der Waals surface area (Å²) in [7, 11) is 0. The SMILES string of the molecule is Cc1cc(-c2ccccn2)[c-]c(Oc2[c-]c3c(cc2)c2ccc(Oc4[c-]c(-c5ccccn5)cc(C)c4-c4ccc(CC(C)C)cc4)[c-]c2n3-c2ncncn2)c1-c1ccc(CC(C)C)cc1.[Pd+2].[Pt+2]. The molecule has 8 nitrogen and oxygen atoms in total. The molecular weight excluding hydrogens is 1130 g/mol. The Kier molecular flexibility index (Phi) is 15.1. The van der Waals surface area contributed by atoms with Crippen molar-refractivity contribution < 1.29 is 51.0 Å². The summed E-state index contributed by atoms with van der Waals surface area (Å²) in [6, 6.07) is 55.8. The van der Waals surface area contributed by atoms with Crippen LogP contribution in [0.1, 0.15) is 49.9 Å². The second-order valence-electron chi connectivity index (χ2n) is 17.8. The van der Waals surface area contributed by atoms with Crippen molar-refractivity contribution in [3.8, 4) is 73.7 Å². The average molecular weight is 1170 g/mol. The van der Waals surface area contributed by atoms with Crippen molar-refractivity contribution in [2.45, 2.75) is 54.4 Å². The van der Waals surface area contributed by atoms with E-state index in [0.717, 1.165) is 79.5 Å². The second-order valence-corrected chi connectivity index (χ2v) is 17.8. The molecule has 0 fully saturated rings. The molecule has 0 bridgehead atoms. The van der Waals surface area contributed by atoms with Crippen LogP contribution in [0.15, 0.2) is 146 Å². The number of rotatable bonds is 13. The molecule has 6 aromatic carbocycles. The largest absolute Gasteiger partial charge is 2.00 e. The van der Waals surface area contributed by atoms with E-state index in [9.17, 15) is 0 Å². The van der Waals surface area contributed by atoms with E-state index >= 15 is 0 Å². The van der Waals surface area contributed by atoms with Gasteiger partial charge in [0.2, 0.25) is 5.95 Å². The van der Waals surface area contributed by atoms with E-state index in [1.165, 1.54) is 23.8 Å². The van der Waals surface area contributed by atoms with Gasteiger partial charge in [-0.25, -0.2) is 15.0 Å². The smallest absolute Gasteiger partial charge is 0.502 e. The third kappa shape index (κ3) is 10.5. The fourth-order valence-electron chi connectivity index (χ4n) is 8.84. The van der Waals surface area contributed by atoms with Crippen molar-refractivity contribution in [3.05, 3.63) is 193 Å². The summed E-state index contributed by atoms with van der Waals surface area (Å²) in [6.07, 6.45) is 8.57. The molecule has 0 aliphatic carbocycles. The van der Waals surface area contributed by atoms with E-state index in [-0.39, 0.29) is 41.5 Å². The zero-order chi connectivity index (χ0) is 46.0. The number of nitrogens with zero attached hydrogens (tertiary/aromatic N) is 6. The third-order valence-corrected chi connectivity index (χ3v) is 11.8. The van der Waals surface area contributed by atoms with Crippen LogP contribution in [0, 0.1) is 49.9 Å². The number of benzene rings is 6. The maximum atomic E-state index is 6.89. The Morgan fingerprint density at radius 1 is 0.522 bits per heavy atom. The minimum Gasteiger partial charge on any atom is -0.502 e. The molecule has 4 aromatic heterocycles. The molecule has 0 aliphatic heterocycles. The number of pyridine rings is 2. The quantitative estimate of drug-likeness (QED) is 0.0839. The Hall–Kier alpha value is -6.62. The number of aromatic nitrogens is 6. The van der Waals surface area contributed by atoms with Crippen LogP contribution < -0.4 is 9.47 Å². The minimum atomic E-state index is 0. The Bertz CT molecular complexity index is 3160. The summed E-state index contributed by atoms with van der Waals surface area (Å²) in [5.41, 5.74) is 13.3. The van der Waals surface area contributed by atoms with Gasteiger partial charge in [-0.2, -0.15) is 22.9 Å². The predicted octanol–water partition coefficient (Wildman–Crippen LogP) is 14.2. The van der Waals surface area contributed by atoms with Crippen molar-refractivity contribution in [1.82, 2.24) is 29.5 Å². The number of fused-ring (bicyclic) bond motifs is 3. The van der Waals surface area contributed by atoms with Crippen LogP contribution >= 0.6 is 0 Å². The normalized spacial score (nSPS) is 11.2. The standard InChI is InChI=1S/C59H48N6O2.Pd.Pt/c1-37(2)27-41-13-17-43(18-14-41)57-39(5)29-45(51-11-7-9-25-61-51)31-55(57)66-47-21-23-49-50-24-22-48(34-54(50)65(53(49)33-47)59-63-35-60-36-64-59)67-56-32-46(52-12-8-10-26-62-52)30-40(6)58(56)44-19-15-42(16-20-44)28-38(3)4;;/h7-26,29-30,35-38H,27-28H2,1-6H3;;/q-4;2*+2. The van der Waals surface area contributed by atoms with Crippen LogP contribution in [0.5, 0.6) is 23.0 Å². The van der Waals surface area contributed by atoms with Gasteiger partial charge in [0.25, 0.3) is 0 Å². The predicted molar refractivity (Wildman–Crippen MR) is 266 cm³/mol. The molecule has 10 aromatic rings. The van der Waals surface area contributed by atoms with Crippen molar-refractivity contribution in [2.24, 2.45) is 11.8 Å². The Morgan fingerprint density at radius 2 is 0.957 bits per heavy atom. The number of hydrogen-bond acceptors (Lipinski definition) is 7. The van der Waals surface area contributed by atoms with Gasteiger partial charge >= 0.3 is 41.5 Å². The first-order valence-electron chi connectivity index (χ1n) is 22.7. The molecule has 0 unspecified atom stereocenters. The van der Waals surface area contributed by atoms with E-state index in [1.54, 1.807) is 12.4 Å². The van der Waals surface area contributed by atoms with E-state index in [2.05, 4.69) is 151 Å². The molecule has 0 N–H and O–H groups in total. The van der Waals surface area contributed by atoms with Gasteiger partial charge in [0, 0.05) is 35.4 Å². The maximum absolute atomic E-state index is 6.89. The number of hydrogen-bond donors (Lipinski definition) is 0.